The Morgan fingerprint density at radius 1 is 1.33 bits per heavy atom. The lowest BCUT2D eigenvalue weighted by atomic mass is 10.2. The largest absolute Gasteiger partial charge is 0.491 e. The molecule has 0 aromatic heterocycles. The van der Waals surface area contributed by atoms with Gasteiger partial charge in [-0.3, -0.25) is 0 Å². The second-order valence-electron chi connectivity index (χ2n) is 5.28. The first-order chi connectivity index (χ1) is 10.1. The van der Waals surface area contributed by atoms with E-state index in [2.05, 4.69) is 17.3 Å². The summed E-state index contributed by atoms with van der Waals surface area (Å²) in [5, 5.41) is 13.1. The molecule has 1 unspecified atom stereocenters. The number of aryl methyl sites for hydroxylation is 1. The van der Waals surface area contributed by atoms with Gasteiger partial charge in [0.1, 0.15) is 18.5 Å². The standard InChI is InChI=1S/C16H28N2O3/c1-14-5-4-6-16(11-14)21-13-15(19)12-17-7-8-18(2)9-10-20-3/h4-6,11,15,17,19H,7-10,12-13H2,1-3H3. The molecule has 2 N–H and O–H groups in total. The van der Waals surface area contributed by atoms with Crippen molar-refractivity contribution in [3.8, 4) is 5.75 Å². The van der Waals surface area contributed by atoms with E-state index in [0.717, 1.165) is 37.6 Å². The Labute approximate surface area is 127 Å². The summed E-state index contributed by atoms with van der Waals surface area (Å²) in [6.07, 6.45) is -0.505. The molecule has 0 aliphatic rings. The summed E-state index contributed by atoms with van der Waals surface area (Å²) in [5.41, 5.74) is 1.15. The summed E-state index contributed by atoms with van der Waals surface area (Å²) < 4.78 is 10.6. The van der Waals surface area contributed by atoms with Gasteiger partial charge in [0, 0.05) is 33.3 Å². The summed E-state index contributed by atoms with van der Waals surface area (Å²) >= 11 is 0. The van der Waals surface area contributed by atoms with Crippen LogP contribution in [0.3, 0.4) is 0 Å². The van der Waals surface area contributed by atoms with E-state index in [1.54, 1.807) is 7.11 Å². The molecule has 0 aliphatic carbocycles. The number of aliphatic hydroxyl groups is 1. The third-order valence-electron chi connectivity index (χ3n) is 3.16. The van der Waals surface area contributed by atoms with Gasteiger partial charge < -0.3 is 24.8 Å². The van der Waals surface area contributed by atoms with Gasteiger partial charge in [0.2, 0.25) is 0 Å². The number of methoxy groups -OCH3 is 1. The van der Waals surface area contributed by atoms with Crippen LogP contribution in [0.15, 0.2) is 24.3 Å². The molecular weight excluding hydrogens is 268 g/mol. The maximum atomic E-state index is 9.87. The van der Waals surface area contributed by atoms with Crippen LogP contribution >= 0.6 is 0 Å². The van der Waals surface area contributed by atoms with Gasteiger partial charge in [0.15, 0.2) is 0 Å². The molecule has 1 rings (SSSR count). The predicted octanol–water partition coefficient (Wildman–Crippen LogP) is 0.903. The van der Waals surface area contributed by atoms with Gasteiger partial charge in [0.25, 0.3) is 0 Å². The maximum Gasteiger partial charge on any atom is 0.119 e. The molecular formula is C16H28N2O3. The van der Waals surface area contributed by atoms with E-state index >= 15 is 0 Å². The second-order valence-corrected chi connectivity index (χ2v) is 5.28. The first-order valence-corrected chi connectivity index (χ1v) is 7.37. The Bertz CT molecular complexity index is 388. The lowest BCUT2D eigenvalue weighted by Gasteiger charge is -2.17. The molecule has 0 fully saturated rings. The number of aliphatic hydroxyl groups excluding tert-OH is 1. The monoisotopic (exact) mass is 296 g/mol. The lowest BCUT2D eigenvalue weighted by Crippen LogP contribution is -2.36. The topological polar surface area (TPSA) is 54.0 Å². The van der Waals surface area contributed by atoms with Gasteiger partial charge in [-0.15, -0.1) is 0 Å². The lowest BCUT2D eigenvalue weighted by molar-refractivity contribution is 0.105. The van der Waals surface area contributed by atoms with Crippen molar-refractivity contribution in [2.45, 2.75) is 13.0 Å². The van der Waals surface area contributed by atoms with Gasteiger partial charge in [-0.1, -0.05) is 12.1 Å². The maximum absolute atomic E-state index is 9.87. The molecule has 5 nitrogen and oxygen atoms in total. The molecule has 1 aromatic rings. The van der Waals surface area contributed by atoms with Crippen molar-refractivity contribution in [1.29, 1.82) is 0 Å². The Morgan fingerprint density at radius 3 is 2.86 bits per heavy atom. The Kier molecular flexibility index (Phi) is 9.01. The highest BCUT2D eigenvalue weighted by atomic mass is 16.5. The molecule has 5 heteroatoms. The van der Waals surface area contributed by atoms with Crippen LogP contribution in [0.1, 0.15) is 5.56 Å². The highest BCUT2D eigenvalue weighted by Crippen LogP contribution is 2.12. The van der Waals surface area contributed by atoms with Crippen LogP contribution in [0.2, 0.25) is 0 Å². The zero-order chi connectivity index (χ0) is 15.5. The third kappa shape index (κ3) is 8.67. The Balaban J connectivity index is 2.07. The van der Waals surface area contributed by atoms with Crippen molar-refractivity contribution in [2.75, 3.05) is 53.6 Å². The van der Waals surface area contributed by atoms with Gasteiger partial charge in [-0.2, -0.15) is 0 Å². The van der Waals surface area contributed by atoms with Crippen LogP contribution in [0.25, 0.3) is 0 Å². The average molecular weight is 296 g/mol. The van der Waals surface area contributed by atoms with Crippen LogP contribution in [0.4, 0.5) is 0 Å². The molecule has 0 saturated heterocycles. The van der Waals surface area contributed by atoms with Crippen LogP contribution in [0.5, 0.6) is 5.75 Å². The normalized spacial score (nSPS) is 12.6. The number of ether oxygens (including phenoxy) is 2. The minimum Gasteiger partial charge on any atom is -0.491 e. The first kappa shape index (κ1) is 17.9. The van der Waals surface area contributed by atoms with Crippen LogP contribution in [-0.2, 0) is 4.74 Å². The van der Waals surface area contributed by atoms with Crippen molar-refractivity contribution >= 4 is 0 Å². The molecule has 0 radical (unpaired) electrons. The van der Waals surface area contributed by atoms with Crippen molar-refractivity contribution in [1.82, 2.24) is 10.2 Å². The fourth-order valence-electron chi connectivity index (χ4n) is 1.85. The van der Waals surface area contributed by atoms with Crippen LogP contribution in [-0.4, -0.2) is 69.7 Å². The first-order valence-electron chi connectivity index (χ1n) is 7.37. The minimum absolute atomic E-state index is 0.302. The highest BCUT2D eigenvalue weighted by molar-refractivity contribution is 5.27. The number of nitrogens with one attached hydrogen (secondary N) is 1. The zero-order valence-electron chi connectivity index (χ0n) is 13.3. The second kappa shape index (κ2) is 10.6. The quantitative estimate of drug-likeness (QED) is 0.594. The number of hydrogen-bond donors (Lipinski definition) is 2. The van der Waals surface area contributed by atoms with Crippen LogP contribution < -0.4 is 10.1 Å². The minimum atomic E-state index is -0.505. The van der Waals surface area contributed by atoms with E-state index in [0.29, 0.717) is 13.2 Å². The summed E-state index contributed by atoms with van der Waals surface area (Å²) in [5.74, 6) is 0.799. The van der Waals surface area contributed by atoms with Crippen molar-refractivity contribution in [3.63, 3.8) is 0 Å². The molecule has 0 spiro atoms. The molecule has 1 atom stereocenters. The molecule has 1 aromatic carbocycles. The predicted molar refractivity (Wildman–Crippen MR) is 84.9 cm³/mol. The summed E-state index contributed by atoms with van der Waals surface area (Å²) in [4.78, 5) is 2.19. The van der Waals surface area contributed by atoms with Gasteiger partial charge in [-0.05, 0) is 31.7 Å². The number of rotatable bonds is 11. The van der Waals surface area contributed by atoms with Crippen molar-refractivity contribution in [3.05, 3.63) is 29.8 Å². The molecule has 0 saturated carbocycles. The molecule has 21 heavy (non-hydrogen) atoms. The van der Waals surface area contributed by atoms with E-state index in [-0.39, 0.29) is 0 Å². The van der Waals surface area contributed by atoms with Gasteiger partial charge in [-0.25, -0.2) is 0 Å². The number of benzene rings is 1. The molecule has 120 valence electrons. The smallest absolute Gasteiger partial charge is 0.119 e. The van der Waals surface area contributed by atoms with Gasteiger partial charge in [0.05, 0.1) is 6.61 Å². The number of hydrogen-bond acceptors (Lipinski definition) is 5. The van der Waals surface area contributed by atoms with Crippen molar-refractivity contribution < 1.29 is 14.6 Å². The molecule has 0 heterocycles. The van der Waals surface area contributed by atoms with E-state index < -0.39 is 6.10 Å². The van der Waals surface area contributed by atoms with E-state index in [1.165, 1.54) is 0 Å². The molecule has 0 bridgehead atoms. The molecule has 0 amide bonds. The van der Waals surface area contributed by atoms with E-state index in [9.17, 15) is 5.11 Å². The third-order valence-corrected chi connectivity index (χ3v) is 3.16. The van der Waals surface area contributed by atoms with E-state index in [4.69, 9.17) is 9.47 Å². The Morgan fingerprint density at radius 2 is 2.14 bits per heavy atom. The fraction of sp³-hybridized carbons (Fsp3) is 0.625. The SMILES string of the molecule is COCCN(C)CCNCC(O)COc1cccc(C)c1. The fourth-order valence-corrected chi connectivity index (χ4v) is 1.85. The van der Waals surface area contributed by atoms with Crippen LogP contribution in [0, 0.1) is 6.92 Å². The zero-order valence-corrected chi connectivity index (χ0v) is 13.3. The van der Waals surface area contributed by atoms with E-state index in [1.807, 2.05) is 31.2 Å². The highest BCUT2D eigenvalue weighted by Gasteiger charge is 2.05. The Hall–Kier alpha value is -1.14. The summed E-state index contributed by atoms with van der Waals surface area (Å²) in [6, 6.07) is 7.83. The van der Waals surface area contributed by atoms with Crippen molar-refractivity contribution in [2.24, 2.45) is 0 Å². The average Bonchev–Trinajstić information content (AvgIpc) is 2.47. The summed E-state index contributed by atoms with van der Waals surface area (Å²) in [6.45, 7) is 6.27. The molecule has 0 aliphatic heterocycles. The number of likely N-dealkylation sites (N-methyl/N-ethyl adjacent to an activating group) is 1. The summed E-state index contributed by atoms with van der Waals surface area (Å²) in [7, 11) is 3.76. The van der Waals surface area contributed by atoms with Gasteiger partial charge >= 0.3 is 0 Å². The number of nitrogens with zero attached hydrogens (tertiary/aromatic N) is 1.